The van der Waals surface area contributed by atoms with Crippen LogP contribution < -0.4 is 10.6 Å². The molecule has 176 valence electrons. The lowest BCUT2D eigenvalue weighted by Gasteiger charge is -2.17. The summed E-state index contributed by atoms with van der Waals surface area (Å²) in [6, 6.07) is 16.3. The Morgan fingerprint density at radius 1 is 0.970 bits per heavy atom. The topological polar surface area (TPSA) is 105 Å². The zero-order valence-corrected chi connectivity index (χ0v) is 19.2. The molecule has 2 amide bonds. The van der Waals surface area contributed by atoms with Crippen LogP contribution in [0.5, 0.6) is 0 Å². The van der Waals surface area contributed by atoms with E-state index in [-0.39, 0.29) is 30.9 Å². The van der Waals surface area contributed by atoms with Gasteiger partial charge in [-0.05, 0) is 35.1 Å². The fourth-order valence-corrected chi connectivity index (χ4v) is 4.23. The van der Waals surface area contributed by atoms with Crippen molar-refractivity contribution in [1.29, 1.82) is 0 Å². The van der Waals surface area contributed by atoms with Crippen molar-refractivity contribution in [2.45, 2.75) is 39.0 Å². The van der Waals surface area contributed by atoms with Crippen LogP contribution in [-0.2, 0) is 14.3 Å². The van der Waals surface area contributed by atoms with Gasteiger partial charge in [-0.1, -0.05) is 68.8 Å². The van der Waals surface area contributed by atoms with Gasteiger partial charge in [0.05, 0.1) is 5.92 Å². The molecule has 33 heavy (non-hydrogen) atoms. The molecule has 0 saturated carbocycles. The number of carbonyl (C=O) groups excluding carboxylic acids is 2. The highest BCUT2D eigenvalue weighted by molar-refractivity contribution is 5.80. The predicted molar refractivity (Wildman–Crippen MR) is 126 cm³/mol. The Hall–Kier alpha value is -3.35. The summed E-state index contributed by atoms with van der Waals surface area (Å²) in [6.07, 6.45) is 1.18. The molecule has 0 aliphatic heterocycles. The van der Waals surface area contributed by atoms with Crippen molar-refractivity contribution in [3.8, 4) is 11.1 Å². The van der Waals surface area contributed by atoms with Crippen molar-refractivity contribution in [3.05, 3.63) is 59.7 Å². The van der Waals surface area contributed by atoms with Gasteiger partial charge in [-0.2, -0.15) is 0 Å². The Kier molecular flexibility index (Phi) is 8.46. The van der Waals surface area contributed by atoms with E-state index in [4.69, 9.17) is 4.74 Å². The predicted octanol–water partition coefficient (Wildman–Crippen LogP) is 4.17. The zero-order chi connectivity index (χ0) is 23.8. The summed E-state index contributed by atoms with van der Waals surface area (Å²) in [4.78, 5) is 35.7. The van der Waals surface area contributed by atoms with Crippen LogP contribution in [0.4, 0.5) is 4.79 Å². The van der Waals surface area contributed by atoms with Crippen molar-refractivity contribution in [2.75, 3.05) is 19.7 Å². The summed E-state index contributed by atoms with van der Waals surface area (Å²) < 4.78 is 5.50. The molecule has 7 heteroatoms. The summed E-state index contributed by atoms with van der Waals surface area (Å²) in [7, 11) is 0. The number of alkyl carbamates (subject to hydrolysis) is 1. The van der Waals surface area contributed by atoms with E-state index in [2.05, 4.69) is 34.9 Å². The van der Waals surface area contributed by atoms with Crippen LogP contribution in [0.3, 0.4) is 0 Å². The first-order chi connectivity index (χ1) is 15.9. The number of aliphatic carboxylic acids is 1. The van der Waals surface area contributed by atoms with Gasteiger partial charge < -0.3 is 20.5 Å². The van der Waals surface area contributed by atoms with Gasteiger partial charge in [0.2, 0.25) is 5.91 Å². The average Bonchev–Trinajstić information content (AvgIpc) is 3.13. The van der Waals surface area contributed by atoms with Gasteiger partial charge in [0.1, 0.15) is 6.61 Å². The van der Waals surface area contributed by atoms with Crippen LogP contribution in [0.25, 0.3) is 11.1 Å². The number of carboxylic acid groups (broad SMARTS) is 1. The molecule has 7 nitrogen and oxygen atoms in total. The molecule has 0 radical (unpaired) electrons. The summed E-state index contributed by atoms with van der Waals surface area (Å²) in [5, 5.41) is 14.6. The fourth-order valence-electron chi connectivity index (χ4n) is 4.23. The van der Waals surface area contributed by atoms with Gasteiger partial charge in [-0.25, -0.2) is 4.79 Å². The number of carbonyl (C=O) groups is 3. The van der Waals surface area contributed by atoms with Crippen LogP contribution >= 0.6 is 0 Å². The number of carboxylic acids is 1. The molecule has 0 saturated heterocycles. The minimum Gasteiger partial charge on any atom is -0.481 e. The third kappa shape index (κ3) is 6.12. The first-order valence-electron chi connectivity index (χ1n) is 11.5. The summed E-state index contributed by atoms with van der Waals surface area (Å²) >= 11 is 0. The third-order valence-corrected chi connectivity index (χ3v) is 6.15. The molecule has 3 rings (SSSR count). The lowest BCUT2D eigenvalue weighted by molar-refractivity contribution is -0.142. The molecule has 1 aliphatic carbocycles. The zero-order valence-electron chi connectivity index (χ0n) is 19.2. The summed E-state index contributed by atoms with van der Waals surface area (Å²) in [6.45, 7) is 4.32. The Morgan fingerprint density at radius 3 is 2.15 bits per heavy atom. The number of hydrogen-bond donors (Lipinski definition) is 3. The minimum atomic E-state index is -0.901. The van der Waals surface area contributed by atoms with Crippen molar-refractivity contribution < 1.29 is 24.2 Å². The van der Waals surface area contributed by atoms with Crippen LogP contribution in [-0.4, -0.2) is 42.8 Å². The molecule has 2 aromatic rings. The van der Waals surface area contributed by atoms with Crippen LogP contribution in [0.1, 0.15) is 50.2 Å². The maximum atomic E-state index is 12.2. The number of rotatable bonds is 11. The number of fused-ring (bicyclic) bond motifs is 3. The Bertz CT molecular complexity index is 945. The van der Waals surface area contributed by atoms with E-state index in [0.29, 0.717) is 19.4 Å². The molecule has 1 aliphatic rings. The molecule has 0 fully saturated rings. The van der Waals surface area contributed by atoms with Gasteiger partial charge >= 0.3 is 12.1 Å². The number of benzene rings is 2. The average molecular weight is 453 g/mol. The van der Waals surface area contributed by atoms with Gasteiger partial charge in [0, 0.05) is 24.9 Å². The summed E-state index contributed by atoms with van der Waals surface area (Å²) in [5.74, 6) is -2.05. The Labute approximate surface area is 194 Å². The highest BCUT2D eigenvalue weighted by Crippen LogP contribution is 2.44. The third-order valence-electron chi connectivity index (χ3n) is 6.15. The van der Waals surface area contributed by atoms with Crippen LogP contribution in [0.15, 0.2) is 48.5 Å². The maximum absolute atomic E-state index is 12.2. The molecule has 0 aromatic heterocycles. The van der Waals surface area contributed by atoms with E-state index in [0.717, 1.165) is 17.5 Å². The Morgan fingerprint density at radius 2 is 1.58 bits per heavy atom. The molecule has 2 atom stereocenters. The first kappa shape index (κ1) is 24.3. The van der Waals surface area contributed by atoms with Crippen LogP contribution in [0.2, 0.25) is 0 Å². The monoisotopic (exact) mass is 452 g/mol. The molecule has 2 aromatic carbocycles. The fraction of sp³-hybridized carbons (Fsp3) is 0.423. The van der Waals surface area contributed by atoms with Crippen molar-refractivity contribution in [3.63, 3.8) is 0 Å². The quantitative estimate of drug-likeness (QED) is 0.475. The second-order valence-corrected chi connectivity index (χ2v) is 8.51. The van der Waals surface area contributed by atoms with Crippen molar-refractivity contribution in [1.82, 2.24) is 10.6 Å². The molecule has 3 N–H and O–H groups in total. The highest BCUT2D eigenvalue weighted by Gasteiger charge is 2.29. The van der Waals surface area contributed by atoms with E-state index in [9.17, 15) is 19.5 Å². The van der Waals surface area contributed by atoms with Crippen LogP contribution in [0, 0.1) is 11.8 Å². The number of amides is 2. The molecule has 2 unspecified atom stereocenters. The van der Waals surface area contributed by atoms with E-state index >= 15 is 0 Å². The van der Waals surface area contributed by atoms with Gasteiger partial charge in [-0.15, -0.1) is 0 Å². The summed E-state index contributed by atoms with van der Waals surface area (Å²) in [5.41, 5.74) is 4.65. The smallest absolute Gasteiger partial charge is 0.407 e. The normalized spacial score (nSPS) is 14.0. The lowest BCUT2D eigenvalue weighted by atomic mass is 9.98. The maximum Gasteiger partial charge on any atom is 0.407 e. The van der Waals surface area contributed by atoms with E-state index < -0.39 is 18.0 Å². The molecular weight excluding hydrogens is 420 g/mol. The van der Waals surface area contributed by atoms with E-state index in [1.807, 2.05) is 31.2 Å². The number of nitrogens with one attached hydrogen (secondary N) is 2. The SMILES string of the molecule is CCCC(CNC(=O)C(C)CCNC(=O)OCC1c2ccccc2-c2ccccc21)C(=O)O. The van der Waals surface area contributed by atoms with Crippen molar-refractivity contribution >= 4 is 18.0 Å². The van der Waals surface area contributed by atoms with Crippen molar-refractivity contribution in [2.24, 2.45) is 11.8 Å². The first-order valence-corrected chi connectivity index (χ1v) is 11.5. The molecule has 0 bridgehead atoms. The highest BCUT2D eigenvalue weighted by atomic mass is 16.5. The van der Waals surface area contributed by atoms with E-state index in [1.165, 1.54) is 11.1 Å². The van der Waals surface area contributed by atoms with Gasteiger partial charge in [0.25, 0.3) is 0 Å². The van der Waals surface area contributed by atoms with Gasteiger partial charge in [-0.3, -0.25) is 9.59 Å². The standard InChI is InChI=1S/C26H32N2O5/c1-3-8-18(25(30)31)15-28-24(29)17(2)13-14-27-26(32)33-16-23-21-11-6-4-9-19(21)20-10-5-7-12-22(20)23/h4-7,9-12,17-18,23H,3,8,13-16H2,1-2H3,(H,27,32)(H,28,29)(H,30,31). The van der Waals surface area contributed by atoms with Gasteiger partial charge in [0.15, 0.2) is 0 Å². The molecule has 0 heterocycles. The minimum absolute atomic E-state index is 0.00171. The molecule has 0 spiro atoms. The Balaban J connectivity index is 1.42. The second kappa shape index (κ2) is 11.5. The second-order valence-electron chi connectivity index (χ2n) is 8.51. The number of ether oxygens (including phenoxy) is 1. The number of hydrogen-bond acceptors (Lipinski definition) is 4. The largest absolute Gasteiger partial charge is 0.481 e. The lowest BCUT2D eigenvalue weighted by Crippen LogP contribution is -2.37. The molecular formula is C26H32N2O5. The van der Waals surface area contributed by atoms with E-state index in [1.54, 1.807) is 6.92 Å².